The number of nitrogens with two attached hydrogens (primary N) is 5. The van der Waals surface area contributed by atoms with Gasteiger partial charge < -0.3 is 118 Å². The van der Waals surface area contributed by atoms with Crippen molar-refractivity contribution in [3.8, 4) is 5.75 Å². The summed E-state index contributed by atoms with van der Waals surface area (Å²) in [5, 5.41) is 84.1. The van der Waals surface area contributed by atoms with Crippen LogP contribution in [0, 0.1) is 5.92 Å². The second-order valence-corrected chi connectivity index (χ2v) is 24.6. The summed E-state index contributed by atoms with van der Waals surface area (Å²) in [5.41, 5.74) is 27.8. The van der Waals surface area contributed by atoms with Crippen LogP contribution in [0.15, 0.2) is 29.3 Å². The Hall–Kier alpha value is -9.61. The van der Waals surface area contributed by atoms with E-state index in [1.54, 1.807) is 6.26 Å². The molecular weight excluding hydrogens is 1360 g/mol. The Kier molecular flexibility index (Phi) is 41.2. The van der Waals surface area contributed by atoms with Gasteiger partial charge in [0.2, 0.25) is 70.9 Å². The van der Waals surface area contributed by atoms with E-state index in [-0.39, 0.29) is 56.2 Å². The number of carboxylic acid groups (broad SMARTS) is 4. The van der Waals surface area contributed by atoms with E-state index in [9.17, 15) is 107 Å². The lowest BCUT2D eigenvalue weighted by atomic mass is 10.0. The number of primary amides is 1. The number of phenolic OH excluding ortho intramolecular Hbond substituents is 1. The molecule has 0 spiro atoms. The van der Waals surface area contributed by atoms with Gasteiger partial charge in [0, 0.05) is 38.0 Å². The molecule has 0 aliphatic heterocycles. The summed E-state index contributed by atoms with van der Waals surface area (Å²) < 4.78 is 0. The molecule has 12 atom stereocenters. The van der Waals surface area contributed by atoms with Gasteiger partial charge in [-0.15, -0.1) is 0 Å². The van der Waals surface area contributed by atoms with Crippen LogP contribution in [0.3, 0.4) is 0 Å². The molecule has 0 heterocycles. The number of benzene rings is 1. The largest absolute Gasteiger partial charge is 0.508 e. The van der Waals surface area contributed by atoms with Crippen molar-refractivity contribution < 1.29 is 107 Å². The van der Waals surface area contributed by atoms with Crippen LogP contribution in [0.1, 0.15) is 110 Å². The zero-order valence-corrected chi connectivity index (χ0v) is 57.4. The molecule has 0 aliphatic rings. The Balaban J connectivity index is 3.55. The smallest absolute Gasteiger partial charge is 0.326 e. The third-order valence-corrected chi connectivity index (χ3v) is 15.6. The number of thiol groups is 1. The first kappa shape index (κ1) is 88.4. The number of thioether (sulfide) groups is 1. The SMILES string of the molecule is CSCC[C@H](NC(=O)[C@H](CCC(=O)O)NC(=O)[C@@H](NC(=O)[C@H](CS)NC(=O)[C@H](CCC(N)=O)NC(=O)[C@H](CCC(=O)O)NC(=O)[C@H](CCCCN)NC(=O)CNC(=O)[C@@H](N)CCCN=C(N)N)C(C)C)C(=O)N[C@@H](Cc1ccc(O)cc1)C(=O)N[C@H](C(=O)N[C@@H](CC(=O)O)C(=O)O)[C@@H](C)O. The summed E-state index contributed by atoms with van der Waals surface area (Å²) in [6.45, 7) is 3.65. The van der Waals surface area contributed by atoms with Crippen LogP contribution in [0.25, 0.3) is 0 Å². The fraction of sp³-hybridized carbons (Fsp3) is 0.610. The number of aliphatic carboxylic acids is 4. The monoisotopic (exact) mass is 1460 g/mol. The lowest BCUT2D eigenvalue weighted by Gasteiger charge is -2.29. The predicted molar refractivity (Wildman–Crippen MR) is 360 cm³/mol. The van der Waals surface area contributed by atoms with Gasteiger partial charge in [0.05, 0.1) is 25.1 Å². The number of guanidine groups is 1. The van der Waals surface area contributed by atoms with Gasteiger partial charge in [-0.05, 0) is 107 Å². The summed E-state index contributed by atoms with van der Waals surface area (Å²) in [4.78, 5) is 214. The molecule has 0 saturated heterocycles. The average Bonchev–Trinajstić information content (AvgIpc) is 0.856. The number of aliphatic hydroxyl groups excluding tert-OH is 1. The lowest BCUT2D eigenvalue weighted by molar-refractivity contribution is -0.148. The van der Waals surface area contributed by atoms with Crippen molar-refractivity contribution in [3.63, 3.8) is 0 Å². The van der Waals surface area contributed by atoms with Crippen molar-refractivity contribution in [2.45, 2.75) is 183 Å². The first-order valence-corrected chi connectivity index (χ1v) is 33.5. The van der Waals surface area contributed by atoms with E-state index in [0.717, 1.165) is 6.92 Å². The van der Waals surface area contributed by atoms with Gasteiger partial charge in [0.15, 0.2) is 5.96 Å². The number of carbonyl (C=O) groups is 16. The number of nitrogens with zero attached hydrogens (tertiary/aromatic N) is 1. The minimum absolute atomic E-state index is 0.0716. The normalized spacial score (nSPS) is 14.6. The molecular formula is C59H95N17O22S2. The molecule has 1 aromatic rings. The lowest BCUT2D eigenvalue weighted by Crippen LogP contribution is -2.62. The van der Waals surface area contributed by atoms with Gasteiger partial charge >= 0.3 is 23.9 Å². The first-order chi connectivity index (χ1) is 46.9. The molecule has 27 N–H and O–H groups in total. The van der Waals surface area contributed by atoms with Crippen molar-refractivity contribution in [3.05, 3.63) is 29.8 Å². The van der Waals surface area contributed by atoms with Crippen molar-refractivity contribution in [1.82, 2.24) is 58.5 Å². The molecule has 12 amide bonds. The summed E-state index contributed by atoms with van der Waals surface area (Å²) in [7, 11) is 0. The highest BCUT2D eigenvalue weighted by molar-refractivity contribution is 7.98. The number of rotatable bonds is 50. The summed E-state index contributed by atoms with van der Waals surface area (Å²) in [6.07, 6.45) is -4.64. The predicted octanol–water partition coefficient (Wildman–Crippen LogP) is -7.32. The van der Waals surface area contributed by atoms with Crippen LogP contribution in [-0.2, 0) is 83.1 Å². The Bertz CT molecular complexity index is 3020. The van der Waals surface area contributed by atoms with Crippen LogP contribution in [0.2, 0.25) is 0 Å². The van der Waals surface area contributed by atoms with Gasteiger partial charge in [-0.2, -0.15) is 24.4 Å². The van der Waals surface area contributed by atoms with Gasteiger partial charge in [-0.25, -0.2) is 4.79 Å². The maximum atomic E-state index is 14.3. The zero-order chi connectivity index (χ0) is 75.9. The molecule has 41 heteroatoms. The van der Waals surface area contributed by atoms with E-state index < -0.39 is 237 Å². The fourth-order valence-electron chi connectivity index (χ4n) is 9.07. The minimum Gasteiger partial charge on any atom is -0.508 e. The van der Waals surface area contributed by atoms with Gasteiger partial charge in [0.1, 0.15) is 66.2 Å². The minimum atomic E-state index is -2.01. The second kappa shape index (κ2) is 46.6. The quantitative estimate of drug-likeness (QED) is 0.0125. The third kappa shape index (κ3) is 35.2. The number of aromatic hydroxyl groups is 1. The van der Waals surface area contributed by atoms with Gasteiger partial charge in [0.25, 0.3) is 0 Å². The van der Waals surface area contributed by atoms with E-state index in [2.05, 4.69) is 70.8 Å². The van der Waals surface area contributed by atoms with E-state index in [1.165, 1.54) is 49.9 Å². The number of aliphatic hydroxyl groups is 1. The first-order valence-electron chi connectivity index (χ1n) is 31.5. The third-order valence-electron chi connectivity index (χ3n) is 14.6. The molecule has 0 bridgehead atoms. The Morgan fingerprint density at radius 1 is 0.510 bits per heavy atom. The number of nitrogens with one attached hydrogen (secondary N) is 11. The number of unbranched alkanes of at least 4 members (excludes halogenated alkanes) is 1. The highest BCUT2D eigenvalue weighted by Gasteiger charge is 2.38. The standard InChI is InChI=1S/C59H95N17O22S2/c1-28(2)46(56(95)71-36(16-19-44(83)84)51(90)70-37(20-23-100-4)53(92)72-38(24-30-10-12-31(78)13-11-30)54(93)76-47(29(3)77)57(96)73-39(58(97)98)25-45(85)86)75-55(94)40(27-99)74-52(91)34(14-17-41(62)79)68-50(89)35(15-18-43(81)82)69-49(88)33(9-5-6-21-60)67-42(80)26-66-48(87)32(61)8-7-22-65-59(63)64/h10-13,28-29,32-40,46-47,77-78,99H,5-9,14-27,60-61H2,1-4H3,(H2,62,79)(H,66,87)(H,67,80)(H,68,89)(H,69,88)(H,70,90)(H,71,95)(H,72,92)(H,73,96)(H,74,91)(H,75,94)(H,76,93)(H,81,82)(H,83,84)(H,85,86)(H,97,98)(H4,63,64,65)/t29-,32+,33+,34+,35+,36+,37+,38+,39+,40+,46+,47+/m1/s1. The molecule has 0 radical (unpaired) electrons. The number of phenols is 1. The number of carbonyl (C=O) groups excluding carboxylic acids is 12. The number of hydrogen-bond donors (Lipinski definition) is 23. The van der Waals surface area contributed by atoms with Crippen LogP contribution >= 0.6 is 24.4 Å². The average molecular weight is 1460 g/mol. The van der Waals surface area contributed by atoms with Crippen LogP contribution in [0.4, 0.5) is 0 Å². The molecule has 0 aliphatic carbocycles. The fourth-order valence-corrected chi connectivity index (χ4v) is 9.80. The highest BCUT2D eigenvalue weighted by atomic mass is 32.2. The highest BCUT2D eigenvalue weighted by Crippen LogP contribution is 2.15. The van der Waals surface area contributed by atoms with E-state index >= 15 is 0 Å². The second-order valence-electron chi connectivity index (χ2n) is 23.2. The summed E-state index contributed by atoms with van der Waals surface area (Å²) >= 11 is 5.39. The van der Waals surface area contributed by atoms with Gasteiger partial charge in [-0.3, -0.25) is 76.9 Å². The Morgan fingerprint density at radius 3 is 1.40 bits per heavy atom. The summed E-state index contributed by atoms with van der Waals surface area (Å²) in [5.74, 6) is -20.7. The van der Waals surface area contributed by atoms with E-state index in [1.807, 2.05) is 5.32 Å². The molecule has 1 aromatic carbocycles. The molecule has 1 rings (SSSR count). The molecule has 100 heavy (non-hydrogen) atoms. The van der Waals surface area contributed by atoms with Crippen molar-refractivity contribution >= 4 is 125 Å². The maximum absolute atomic E-state index is 14.3. The van der Waals surface area contributed by atoms with E-state index in [4.69, 9.17) is 28.7 Å². The summed E-state index contributed by atoms with van der Waals surface area (Å²) in [6, 6.07) is -13.1. The molecule has 560 valence electrons. The van der Waals surface area contributed by atoms with Crippen LogP contribution < -0.4 is 87.2 Å². The topological polar surface area (TPSA) is 669 Å². The van der Waals surface area contributed by atoms with Crippen molar-refractivity contribution in [1.29, 1.82) is 0 Å². The van der Waals surface area contributed by atoms with E-state index in [0.29, 0.717) is 18.4 Å². The van der Waals surface area contributed by atoms with Crippen LogP contribution in [-0.4, -0.2) is 241 Å². The number of hydrogen-bond acceptors (Lipinski definition) is 23. The molecule has 0 saturated carbocycles. The number of aliphatic imine (C=N–C) groups is 1. The van der Waals surface area contributed by atoms with Crippen molar-refractivity contribution in [2.24, 2.45) is 39.6 Å². The molecule has 0 unspecified atom stereocenters. The van der Waals surface area contributed by atoms with Crippen molar-refractivity contribution in [2.75, 3.05) is 37.4 Å². The maximum Gasteiger partial charge on any atom is 0.326 e. The Labute approximate surface area is 584 Å². The molecule has 0 aromatic heterocycles. The Morgan fingerprint density at radius 2 is 0.950 bits per heavy atom. The number of carboxylic acids is 4. The van der Waals surface area contributed by atoms with Gasteiger partial charge in [-0.1, -0.05) is 26.0 Å². The van der Waals surface area contributed by atoms with Crippen LogP contribution in [0.5, 0.6) is 5.75 Å². The molecule has 0 fully saturated rings. The zero-order valence-electron chi connectivity index (χ0n) is 55.7. The number of amides is 12. The molecule has 39 nitrogen and oxygen atoms in total.